The number of hydrogen-bond donors (Lipinski definition) is 2. The lowest BCUT2D eigenvalue weighted by Crippen LogP contribution is -2.66. The van der Waals surface area contributed by atoms with E-state index >= 15 is 0 Å². The molecule has 2 N–H and O–H groups in total. The SMILES string of the molecule is CO[C@@H]1OC(CO[Si](C)(C)C(C)(C)C)[C@@H](O)C(OC(C)=O)C1NC(C)=O. The van der Waals surface area contributed by atoms with Crippen LogP contribution in [-0.2, 0) is 28.2 Å². The van der Waals surface area contributed by atoms with Crippen molar-refractivity contribution in [3.63, 3.8) is 0 Å². The maximum Gasteiger partial charge on any atom is 0.303 e. The molecule has 1 aliphatic heterocycles. The van der Waals surface area contributed by atoms with Gasteiger partial charge in [-0.1, -0.05) is 20.8 Å². The third-order valence-electron chi connectivity index (χ3n) is 4.99. The molecule has 0 saturated carbocycles. The van der Waals surface area contributed by atoms with Crippen molar-refractivity contribution < 1.29 is 33.3 Å². The smallest absolute Gasteiger partial charge is 0.303 e. The van der Waals surface area contributed by atoms with Crippen molar-refractivity contribution in [3.8, 4) is 0 Å². The molecule has 1 fully saturated rings. The van der Waals surface area contributed by atoms with Crippen molar-refractivity contribution in [1.82, 2.24) is 5.32 Å². The van der Waals surface area contributed by atoms with Gasteiger partial charge in [-0.25, -0.2) is 0 Å². The summed E-state index contributed by atoms with van der Waals surface area (Å²) in [7, 11) is -0.633. The van der Waals surface area contributed by atoms with Crippen molar-refractivity contribution >= 4 is 20.2 Å². The highest BCUT2D eigenvalue weighted by Gasteiger charge is 2.49. The second-order valence-corrected chi connectivity index (χ2v) is 13.0. The summed E-state index contributed by atoms with van der Waals surface area (Å²) < 4.78 is 22.5. The van der Waals surface area contributed by atoms with E-state index in [-0.39, 0.29) is 17.6 Å². The fraction of sp³-hybridized carbons (Fsp3) is 0.882. The Kier molecular flexibility index (Phi) is 7.79. The molecule has 0 radical (unpaired) electrons. The van der Waals surface area contributed by atoms with E-state index in [0.717, 1.165) is 0 Å². The van der Waals surface area contributed by atoms with Crippen LogP contribution in [0.4, 0.5) is 0 Å². The summed E-state index contributed by atoms with van der Waals surface area (Å²) in [6, 6.07) is -0.819. The van der Waals surface area contributed by atoms with Crippen LogP contribution in [0.1, 0.15) is 34.6 Å². The van der Waals surface area contributed by atoms with E-state index in [2.05, 4.69) is 39.2 Å². The van der Waals surface area contributed by atoms with Gasteiger partial charge in [0, 0.05) is 21.0 Å². The van der Waals surface area contributed by atoms with Crippen molar-refractivity contribution in [1.29, 1.82) is 0 Å². The number of rotatable bonds is 6. The Balaban J connectivity index is 2.98. The molecule has 8 nitrogen and oxygen atoms in total. The van der Waals surface area contributed by atoms with Gasteiger partial charge in [-0.05, 0) is 18.1 Å². The number of hydrogen-bond acceptors (Lipinski definition) is 7. The van der Waals surface area contributed by atoms with Crippen LogP contribution < -0.4 is 5.32 Å². The summed E-state index contributed by atoms with van der Waals surface area (Å²) in [5, 5.41) is 13.3. The van der Waals surface area contributed by atoms with Gasteiger partial charge in [0.25, 0.3) is 0 Å². The molecule has 0 aliphatic carbocycles. The molecule has 1 amide bonds. The fourth-order valence-electron chi connectivity index (χ4n) is 2.48. The maximum absolute atomic E-state index is 11.5. The lowest BCUT2D eigenvalue weighted by molar-refractivity contribution is -0.265. The number of carbonyl (C=O) groups is 2. The van der Waals surface area contributed by atoms with Gasteiger partial charge in [-0.2, -0.15) is 0 Å². The molecule has 1 aliphatic rings. The van der Waals surface area contributed by atoms with Gasteiger partial charge in [0.1, 0.15) is 18.2 Å². The minimum Gasteiger partial charge on any atom is -0.457 e. The molecule has 1 heterocycles. The molecule has 152 valence electrons. The molecule has 0 aromatic carbocycles. The highest BCUT2D eigenvalue weighted by atomic mass is 28.4. The molecule has 0 bridgehead atoms. The van der Waals surface area contributed by atoms with Gasteiger partial charge in [0.15, 0.2) is 20.7 Å². The van der Waals surface area contributed by atoms with E-state index in [1.54, 1.807) is 0 Å². The monoisotopic (exact) mass is 391 g/mol. The van der Waals surface area contributed by atoms with Crippen LogP contribution in [0.2, 0.25) is 18.1 Å². The highest BCUT2D eigenvalue weighted by molar-refractivity contribution is 6.74. The lowest BCUT2D eigenvalue weighted by Gasteiger charge is -2.45. The second-order valence-electron chi connectivity index (χ2n) is 8.14. The first-order valence-electron chi connectivity index (χ1n) is 8.74. The molecule has 1 rings (SSSR count). The molecular formula is C17H33NO7Si. The van der Waals surface area contributed by atoms with Crippen LogP contribution in [-0.4, -0.2) is 69.7 Å². The topological polar surface area (TPSA) is 103 Å². The van der Waals surface area contributed by atoms with Crippen molar-refractivity contribution in [2.75, 3.05) is 13.7 Å². The van der Waals surface area contributed by atoms with Crippen LogP contribution in [0.5, 0.6) is 0 Å². The number of amides is 1. The average molecular weight is 392 g/mol. The third kappa shape index (κ3) is 5.75. The number of carbonyl (C=O) groups excluding carboxylic acids is 2. The number of esters is 1. The number of aliphatic hydroxyl groups excluding tert-OH is 1. The fourth-order valence-corrected chi connectivity index (χ4v) is 3.50. The summed E-state index contributed by atoms with van der Waals surface area (Å²) in [4.78, 5) is 23.0. The van der Waals surface area contributed by atoms with Gasteiger partial charge in [0.05, 0.1) is 6.61 Å². The molecule has 9 heteroatoms. The predicted octanol–water partition coefficient (Wildman–Crippen LogP) is 1.18. The third-order valence-corrected chi connectivity index (χ3v) is 9.49. The van der Waals surface area contributed by atoms with Gasteiger partial charge < -0.3 is 29.1 Å². The van der Waals surface area contributed by atoms with Gasteiger partial charge in [-0.15, -0.1) is 0 Å². The molecule has 0 spiro atoms. The molecular weight excluding hydrogens is 358 g/mol. The minimum atomic E-state index is -2.06. The molecule has 3 unspecified atom stereocenters. The van der Waals surface area contributed by atoms with E-state index in [9.17, 15) is 14.7 Å². The Labute approximate surface area is 156 Å². The van der Waals surface area contributed by atoms with E-state index < -0.39 is 44.9 Å². The number of nitrogens with one attached hydrogen (secondary N) is 1. The van der Waals surface area contributed by atoms with Gasteiger partial charge in [0.2, 0.25) is 5.91 Å². The lowest BCUT2D eigenvalue weighted by atomic mass is 9.96. The zero-order valence-corrected chi connectivity index (χ0v) is 18.0. The van der Waals surface area contributed by atoms with Crippen LogP contribution in [0, 0.1) is 0 Å². The summed E-state index contributed by atoms with van der Waals surface area (Å²) in [6.45, 7) is 13.3. The molecule has 26 heavy (non-hydrogen) atoms. The average Bonchev–Trinajstić information content (AvgIpc) is 2.48. The second kappa shape index (κ2) is 8.79. The van der Waals surface area contributed by atoms with Crippen LogP contribution in [0.25, 0.3) is 0 Å². The first-order chi connectivity index (χ1) is 11.8. The summed E-state index contributed by atoms with van der Waals surface area (Å²) in [5.41, 5.74) is 0. The standard InChI is InChI=1S/C17H33NO7Si/c1-10(19)18-13-15(24-11(2)20)14(21)12(25-16(13)22-6)9-23-26(7,8)17(3,4)5/h12-16,21H,9H2,1-8H3,(H,18,19)/t12?,13?,14-,15?,16-/m1/s1. The van der Waals surface area contributed by atoms with E-state index in [1.165, 1.54) is 21.0 Å². The predicted molar refractivity (Wildman–Crippen MR) is 98.0 cm³/mol. The Morgan fingerprint density at radius 2 is 1.81 bits per heavy atom. The normalized spacial score (nSPS) is 30.0. The Morgan fingerprint density at radius 3 is 2.23 bits per heavy atom. The van der Waals surface area contributed by atoms with E-state index in [1.807, 2.05) is 0 Å². The largest absolute Gasteiger partial charge is 0.457 e. The molecule has 0 aromatic heterocycles. The van der Waals surface area contributed by atoms with Crippen molar-refractivity contribution in [3.05, 3.63) is 0 Å². The Bertz CT molecular complexity index is 506. The first kappa shape index (κ1) is 23.0. The van der Waals surface area contributed by atoms with E-state index in [0.29, 0.717) is 0 Å². The number of methoxy groups -OCH3 is 1. The van der Waals surface area contributed by atoms with Gasteiger partial charge >= 0.3 is 5.97 Å². The molecule has 1 saturated heterocycles. The zero-order valence-electron chi connectivity index (χ0n) is 17.0. The van der Waals surface area contributed by atoms with Crippen molar-refractivity contribution in [2.45, 2.75) is 83.4 Å². The maximum atomic E-state index is 11.5. The summed E-state index contributed by atoms with van der Waals surface area (Å²) in [6.07, 6.45) is -3.78. The van der Waals surface area contributed by atoms with Crippen LogP contribution >= 0.6 is 0 Å². The number of ether oxygens (including phenoxy) is 3. The quantitative estimate of drug-likeness (QED) is 0.517. The molecule has 0 aromatic rings. The summed E-state index contributed by atoms with van der Waals surface area (Å²) in [5.74, 6) is -0.911. The van der Waals surface area contributed by atoms with E-state index in [4.69, 9.17) is 18.6 Å². The minimum absolute atomic E-state index is 0.00127. The van der Waals surface area contributed by atoms with Gasteiger partial charge in [-0.3, -0.25) is 9.59 Å². The van der Waals surface area contributed by atoms with Crippen molar-refractivity contribution in [2.24, 2.45) is 0 Å². The first-order valence-corrected chi connectivity index (χ1v) is 11.7. The van der Waals surface area contributed by atoms with Crippen LogP contribution in [0.3, 0.4) is 0 Å². The Morgan fingerprint density at radius 1 is 1.23 bits per heavy atom. The summed E-state index contributed by atoms with van der Waals surface area (Å²) >= 11 is 0. The molecule has 5 atom stereocenters. The Hall–Kier alpha value is -1.00. The van der Waals surface area contributed by atoms with Crippen LogP contribution in [0.15, 0.2) is 0 Å². The number of aliphatic hydroxyl groups is 1. The highest BCUT2D eigenvalue weighted by Crippen LogP contribution is 2.37. The zero-order chi connectivity index (χ0) is 20.3.